The Kier molecular flexibility index (Phi) is 3.92. The normalized spacial score (nSPS) is 31.1. The van der Waals surface area contributed by atoms with Crippen molar-refractivity contribution in [3.05, 3.63) is 0 Å². The van der Waals surface area contributed by atoms with Crippen LogP contribution in [0.4, 0.5) is 0 Å². The smallest absolute Gasteiger partial charge is 0.0543 e. The van der Waals surface area contributed by atoms with Crippen LogP contribution in [0.3, 0.4) is 0 Å². The topological polar surface area (TPSA) is 20.2 Å². The highest BCUT2D eigenvalue weighted by Gasteiger charge is 2.21. The third-order valence-electron chi connectivity index (χ3n) is 2.73. The van der Waals surface area contributed by atoms with E-state index in [4.69, 9.17) is 0 Å². The van der Waals surface area contributed by atoms with Crippen LogP contribution in [0.25, 0.3) is 0 Å². The molecule has 0 heterocycles. The molecule has 1 nitrogen and oxygen atoms in total. The summed E-state index contributed by atoms with van der Waals surface area (Å²) in [4.78, 5) is 0. The summed E-state index contributed by atoms with van der Waals surface area (Å²) in [5.74, 6) is 0.844. The molecule has 0 aromatic rings. The van der Waals surface area contributed by atoms with Crippen molar-refractivity contribution >= 4 is 0 Å². The standard InChI is InChI=1S/C10H20O/c1-2-3-4-5-9-6-7-10(11)8-9/h9-11H,2-8H2,1H3/t9-,10-/m0/s1. The van der Waals surface area contributed by atoms with Crippen molar-refractivity contribution in [1.82, 2.24) is 0 Å². The number of aliphatic hydroxyl groups excluding tert-OH is 1. The Bertz CT molecular complexity index is 101. The van der Waals surface area contributed by atoms with Gasteiger partial charge < -0.3 is 5.11 Å². The van der Waals surface area contributed by atoms with Gasteiger partial charge in [0, 0.05) is 0 Å². The summed E-state index contributed by atoms with van der Waals surface area (Å²) in [5, 5.41) is 9.26. The van der Waals surface area contributed by atoms with Crippen LogP contribution in [0.2, 0.25) is 0 Å². The van der Waals surface area contributed by atoms with Crippen molar-refractivity contribution in [3.8, 4) is 0 Å². The van der Waals surface area contributed by atoms with Crippen LogP contribution in [0, 0.1) is 5.92 Å². The van der Waals surface area contributed by atoms with Crippen LogP contribution in [0.5, 0.6) is 0 Å². The number of unbranched alkanes of at least 4 members (excludes halogenated alkanes) is 2. The molecule has 1 N–H and O–H groups in total. The van der Waals surface area contributed by atoms with E-state index in [1.807, 2.05) is 0 Å². The van der Waals surface area contributed by atoms with E-state index >= 15 is 0 Å². The van der Waals surface area contributed by atoms with Crippen LogP contribution in [0.1, 0.15) is 51.9 Å². The summed E-state index contributed by atoms with van der Waals surface area (Å²) in [6.07, 6.45) is 8.83. The van der Waals surface area contributed by atoms with Gasteiger partial charge >= 0.3 is 0 Å². The molecule has 0 aromatic carbocycles. The number of aliphatic hydroxyl groups is 1. The lowest BCUT2D eigenvalue weighted by atomic mass is 10.00. The third kappa shape index (κ3) is 3.24. The first-order chi connectivity index (χ1) is 5.33. The lowest BCUT2D eigenvalue weighted by molar-refractivity contribution is 0.176. The Labute approximate surface area is 69.8 Å². The van der Waals surface area contributed by atoms with E-state index in [-0.39, 0.29) is 6.10 Å². The average molecular weight is 156 g/mol. The minimum atomic E-state index is 0.0293. The van der Waals surface area contributed by atoms with E-state index in [1.54, 1.807) is 0 Å². The highest BCUT2D eigenvalue weighted by Crippen LogP contribution is 2.29. The zero-order chi connectivity index (χ0) is 8.10. The maximum absolute atomic E-state index is 9.26. The van der Waals surface area contributed by atoms with Gasteiger partial charge in [-0.3, -0.25) is 0 Å². The molecule has 1 heteroatoms. The fourth-order valence-corrected chi connectivity index (χ4v) is 1.99. The molecule has 1 rings (SSSR count). The molecular formula is C10H20O. The average Bonchev–Trinajstić information content (AvgIpc) is 2.37. The van der Waals surface area contributed by atoms with Gasteiger partial charge in [-0.15, -0.1) is 0 Å². The first kappa shape index (κ1) is 9.05. The second kappa shape index (κ2) is 4.76. The lowest BCUT2D eigenvalue weighted by Gasteiger charge is -2.07. The summed E-state index contributed by atoms with van der Waals surface area (Å²) in [7, 11) is 0. The van der Waals surface area contributed by atoms with Crippen molar-refractivity contribution < 1.29 is 5.11 Å². The van der Waals surface area contributed by atoms with Crippen LogP contribution in [-0.2, 0) is 0 Å². The predicted molar refractivity (Wildman–Crippen MR) is 47.5 cm³/mol. The second-order valence-corrected chi connectivity index (χ2v) is 3.83. The van der Waals surface area contributed by atoms with E-state index in [1.165, 1.54) is 32.1 Å². The first-order valence-electron chi connectivity index (χ1n) is 5.01. The Morgan fingerprint density at radius 3 is 2.64 bits per heavy atom. The molecule has 1 saturated carbocycles. The lowest BCUT2D eigenvalue weighted by Crippen LogP contribution is -2.00. The SMILES string of the molecule is CCCCC[C@H]1CC[C@H](O)C1. The van der Waals surface area contributed by atoms with Gasteiger partial charge in [0.25, 0.3) is 0 Å². The number of hydrogen-bond donors (Lipinski definition) is 1. The van der Waals surface area contributed by atoms with Crippen molar-refractivity contribution in [2.24, 2.45) is 5.92 Å². The van der Waals surface area contributed by atoms with Crippen LogP contribution in [-0.4, -0.2) is 11.2 Å². The van der Waals surface area contributed by atoms with Gasteiger partial charge in [-0.1, -0.05) is 32.6 Å². The van der Waals surface area contributed by atoms with Gasteiger partial charge in [-0.25, -0.2) is 0 Å². The minimum Gasteiger partial charge on any atom is -0.393 e. The molecule has 0 aliphatic heterocycles. The Morgan fingerprint density at radius 2 is 2.09 bits per heavy atom. The van der Waals surface area contributed by atoms with Gasteiger partial charge in [0.2, 0.25) is 0 Å². The molecule has 0 unspecified atom stereocenters. The van der Waals surface area contributed by atoms with Gasteiger partial charge in [0.1, 0.15) is 0 Å². The Balaban J connectivity index is 1.99. The Hall–Kier alpha value is -0.0400. The molecule has 1 fully saturated rings. The van der Waals surface area contributed by atoms with Crippen molar-refractivity contribution in [1.29, 1.82) is 0 Å². The van der Waals surface area contributed by atoms with Crippen molar-refractivity contribution in [2.45, 2.75) is 58.0 Å². The zero-order valence-electron chi connectivity index (χ0n) is 7.55. The maximum Gasteiger partial charge on any atom is 0.0543 e. The van der Waals surface area contributed by atoms with E-state index in [2.05, 4.69) is 6.92 Å². The molecule has 0 saturated heterocycles. The fraction of sp³-hybridized carbons (Fsp3) is 1.00. The molecule has 0 radical (unpaired) electrons. The zero-order valence-corrected chi connectivity index (χ0v) is 7.55. The maximum atomic E-state index is 9.26. The molecular weight excluding hydrogens is 136 g/mol. The molecule has 1 aliphatic carbocycles. The highest BCUT2D eigenvalue weighted by molar-refractivity contribution is 4.74. The number of rotatable bonds is 4. The monoisotopic (exact) mass is 156 g/mol. The summed E-state index contributed by atoms with van der Waals surface area (Å²) in [5.41, 5.74) is 0. The third-order valence-corrected chi connectivity index (χ3v) is 2.73. The fourth-order valence-electron chi connectivity index (χ4n) is 1.99. The summed E-state index contributed by atoms with van der Waals surface area (Å²) < 4.78 is 0. The molecule has 66 valence electrons. The molecule has 0 spiro atoms. The highest BCUT2D eigenvalue weighted by atomic mass is 16.3. The van der Waals surface area contributed by atoms with Gasteiger partial charge in [-0.2, -0.15) is 0 Å². The minimum absolute atomic E-state index is 0.0293. The largest absolute Gasteiger partial charge is 0.393 e. The van der Waals surface area contributed by atoms with Gasteiger partial charge in [-0.05, 0) is 25.2 Å². The molecule has 0 amide bonds. The molecule has 0 bridgehead atoms. The first-order valence-corrected chi connectivity index (χ1v) is 5.01. The summed E-state index contributed by atoms with van der Waals surface area (Å²) >= 11 is 0. The van der Waals surface area contributed by atoms with E-state index in [0.717, 1.165) is 18.8 Å². The quantitative estimate of drug-likeness (QED) is 0.620. The number of hydrogen-bond acceptors (Lipinski definition) is 1. The van der Waals surface area contributed by atoms with Gasteiger partial charge in [0.05, 0.1) is 6.10 Å². The summed E-state index contributed by atoms with van der Waals surface area (Å²) in [6.45, 7) is 2.24. The van der Waals surface area contributed by atoms with Crippen LogP contribution >= 0.6 is 0 Å². The summed E-state index contributed by atoms with van der Waals surface area (Å²) in [6, 6.07) is 0. The molecule has 0 aromatic heterocycles. The molecule has 2 atom stereocenters. The van der Waals surface area contributed by atoms with Crippen LogP contribution < -0.4 is 0 Å². The molecule has 11 heavy (non-hydrogen) atoms. The van der Waals surface area contributed by atoms with Crippen molar-refractivity contribution in [3.63, 3.8) is 0 Å². The predicted octanol–water partition coefficient (Wildman–Crippen LogP) is 2.73. The Morgan fingerprint density at radius 1 is 1.27 bits per heavy atom. The second-order valence-electron chi connectivity index (χ2n) is 3.83. The van der Waals surface area contributed by atoms with Gasteiger partial charge in [0.15, 0.2) is 0 Å². The van der Waals surface area contributed by atoms with E-state index in [0.29, 0.717) is 0 Å². The van der Waals surface area contributed by atoms with Crippen molar-refractivity contribution in [2.75, 3.05) is 0 Å². The molecule has 1 aliphatic rings. The van der Waals surface area contributed by atoms with Crippen LogP contribution in [0.15, 0.2) is 0 Å². The van der Waals surface area contributed by atoms with E-state index in [9.17, 15) is 5.11 Å². The van der Waals surface area contributed by atoms with E-state index < -0.39 is 0 Å².